The van der Waals surface area contributed by atoms with Crippen LogP contribution in [0.3, 0.4) is 0 Å². The third-order valence-electron chi connectivity index (χ3n) is 7.67. The molecule has 1 aliphatic heterocycles. The van der Waals surface area contributed by atoms with Gasteiger partial charge < -0.3 is 4.90 Å². The molecule has 0 unspecified atom stereocenters. The zero-order valence-electron chi connectivity index (χ0n) is 22.7. The van der Waals surface area contributed by atoms with Gasteiger partial charge in [-0.15, -0.1) is 0 Å². The summed E-state index contributed by atoms with van der Waals surface area (Å²) in [5.74, 6) is 0.716. The van der Waals surface area contributed by atoms with Crippen LogP contribution in [-0.4, -0.2) is 9.97 Å². The van der Waals surface area contributed by atoms with E-state index in [0.29, 0.717) is 5.82 Å². The first-order valence-electron chi connectivity index (χ1n) is 14.0. The Morgan fingerprint density at radius 2 is 1.02 bits per heavy atom. The van der Waals surface area contributed by atoms with Crippen LogP contribution in [-0.2, 0) is 0 Å². The van der Waals surface area contributed by atoms with Gasteiger partial charge in [-0.3, -0.25) is 0 Å². The van der Waals surface area contributed by atoms with Crippen LogP contribution < -0.4 is 4.90 Å². The molecule has 0 spiro atoms. The lowest BCUT2D eigenvalue weighted by atomic mass is 10.0. The van der Waals surface area contributed by atoms with Crippen LogP contribution in [0.5, 0.6) is 0 Å². The summed E-state index contributed by atoms with van der Waals surface area (Å²) in [4.78, 5) is 15.1. The number of hydrogen-bond acceptors (Lipinski definition) is 4. The van der Waals surface area contributed by atoms with Gasteiger partial charge in [0, 0.05) is 32.0 Å². The van der Waals surface area contributed by atoms with Crippen molar-refractivity contribution in [1.29, 1.82) is 0 Å². The van der Waals surface area contributed by atoms with Gasteiger partial charge in [-0.25, -0.2) is 9.97 Å². The molecular weight excluding hydrogens is 531 g/mol. The molecule has 42 heavy (non-hydrogen) atoms. The van der Waals surface area contributed by atoms with Crippen LogP contribution in [0, 0.1) is 0 Å². The van der Waals surface area contributed by atoms with Crippen molar-refractivity contribution in [3.63, 3.8) is 0 Å². The normalized spacial score (nSPS) is 12.1. The molecule has 8 rings (SSSR count). The quantitative estimate of drug-likeness (QED) is 0.216. The summed E-state index contributed by atoms with van der Waals surface area (Å²) < 4.78 is 0. The monoisotopic (exact) mass is 555 g/mol. The summed E-state index contributed by atoms with van der Waals surface area (Å²) >= 11 is 1.82. The Balaban J connectivity index is 1.25. The highest BCUT2D eigenvalue weighted by Gasteiger charge is 2.24. The zero-order chi connectivity index (χ0) is 27.9. The molecule has 0 aliphatic carbocycles. The molecule has 6 aromatic carbocycles. The molecule has 0 saturated carbocycles. The lowest BCUT2D eigenvalue weighted by Gasteiger charge is -2.32. The van der Waals surface area contributed by atoms with Crippen LogP contribution in [0.25, 0.3) is 44.7 Å². The van der Waals surface area contributed by atoms with E-state index in [0.717, 1.165) is 39.0 Å². The Bertz CT molecular complexity index is 2010. The van der Waals surface area contributed by atoms with Gasteiger partial charge in [-0.2, -0.15) is 0 Å². The van der Waals surface area contributed by atoms with Crippen molar-refractivity contribution in [2.24, 2.45) is 0 Å². The molecule has 7 aromatic rings. The highest BCUT2D eigenvalue weighted by atomic mass is 32.2. The van der Waals surface area contributed by atoms with Gasteiger partial charge in [0.2, 0.25) is 0 Å². The highest BCUT2D eigenvalue weighted by molar-refractivity contribution is 7.99. The number of nitrogens with zero attached hydrogens (tertiary/aromatic N) is 3. The maximum absolute atomic E-state index is 5.13. The van der Waals surface area contributed by atoms with E-state index in [4.69, 9.17) is 9.97 Å². The van der Waals surface area contributed by atoms with Gasteiger partial charge in [0.15, 0.2) is 5.82 Å². The smallest absolute Gasteiger partial charge is 0.160 e. The van der Waals surface area contributed by atoms with Crippen molar-refractivity contribution < 1.29 is 0 Å². The minimum atomic E-state index is 0.716. The van der Waals surface area contributed by atoms with E-state index in [2.05, 4.69) is 144 Å². The molecule has 0 atom stereocenters. The Kier molecular flexibility index (Phi) is 6.05. The summed E-state index contributed by atoms with van der Waals surface area (Å²) in [7, 11) is 0. The SMILES string of the molecule is c1ccc(-c2ccc3c(-c4ccccc4)nc(-c4ccc(N5c6ccccc6Sc6ccccc65)cc4)nc3c2)cc1. The predicted molar refractivity (Wildman–Crippen MR) is 175 cm³/mol. The number of para-hydroxylation sites is 2. The lowest BCUT2D eigenvalue weighted by Crippen LogP contribution is -2.14. The number of anilines is 3. The van der Waals surface area contributed by atoms with E-state index in [9.17, 15) is 0 Å². The van der Waals surface area contributed by atoms with Crippen molar-refractivity contribution in [1.82, 2.24) is 9.97 Å². The average Bonchev–Trinajstić information content (AvgIpc) is 3.07. The van der Waals surface area contributed by atoms with Gasteiger partial charge in [0.25, 0.3) is 0 Å². The predicted octanol–water partition coefficient (Wildman–Crippen LogP) is 10.6. The van der Waals surface area contributed by atoms with E-state index in [1.165, 1.54) is 26.7 Å². The first-order chi connectivity index (χ1) is 20.8. The molecule has 1 aromatic heterocycles. The second-order valence-corrected chi connectivity index (χ2v) is 11.4. The molecule has 1 aliphatic rings. The molecular formula is C38H25N3S. The lowest BCUT2D eigenvalue weighted by molar-refractivity contribution is 1.16. The topological polar surface area (TPSA) is 29.0 Å². The van der Waals surface area contributed by atoms with Gasteiger partial charge >= 0.3 is 0 Å². The summed E-state index contributed by atoms with van der Waals surface area (Å²) in [6.07, 6.45) is 0. The third-order valence-corrected chi connectivity index (χ3v) is 8.80. The molecule has 0 radical (unpaired) electrons. The molecule has 0 bridgehead atoms. The maximum atomic E-state index is 5.13. The Morgan fingerprint density at radius 1 is 0.452 bits per heavy atom. The standard InChI is InChI=1S/C38H25N3S/c1-3-11-26(12-4-1)29-21-24-31-32(25-29)39-38(40-37(31)27-13-5-2-6-14-27)28-19-22-30(23-20-28)41-33-15-7-9-17-35(33)42-36-18-10-8-16-34(36)41/h1-25H. The minimum Gasteiger partial charge on any atom is -0.308 e. The van der Waals surface area contributed by atoms with Gasteiger partial charge in [-0.1, -0.05) is 103 Å². The number of rotatable bonds is 4. The van der Waals surface area contributed by atoms with Crippen LogP contribution in [0.2, 0.25) is 0 Å². The molecule has 198 valence electrons. The summed E-state index contributed by atoms with van der Waals surface area (Å²) in [5, 5.41) is 1.04. The van der Waals surface area contributed by atoms with E-state index in [-0.39, 0.29) is 0 Å². The molecule has 2 heterocycles. The fourth-order valence-corrected chi connectivity index (χ4v) is 6.69. The number of aromatic nitrogens is 2. The first-order valence-corrected chi connectivity index (χ1v) is 14.8. The van der Waals surface area contributed by atoms with Crippen molar-refractivity contribution >= 4 is 39.7 Å². The fraction of sp³-hybridized carbons (Fsp3) is 0. The molecule has 0 fully saturated rings. The highest BCUT2D eigenvalue weighted by Crippen LogP contribution is 2.51. The third kappa shape index (κ3) is 4.33. The molecule has 0 N–H and O–H groups in total. The summed E-state index contributed by atoms with van der Waals surface area (Å²) in [6.45, 7) is 0. The number of fused-ring (bicyclic) bond motifs is 3. The Labute approximate surface area is 249 Å². The van der Waals surface area contributed by atoms with E-state index in [1.807, 2.05) is 23.9 Å². The van der Waals surface area contributed by atoms with Gasteiger partial charge in [-0.05, 0) is 71.8 Å². The van der Waals surface area contributed by atoms with Crippen molar-refractivity contribution in [2.75, 3.05) is 4.90 Å². The average molecular weight is 556 g/mol. The molecule has 0 saturated heterocycles. The molecule has 3 nitrogen and oxygen atoms in total. The molecule has 0 amide bonds. The van der Waals surface area contributed by atoms with Crippen molar-refractivity contribution in [3.8, 4) is 33.8 Å². The Hall–Kier alpha value is -5.19. The first kappa shape index (κ1) is 24.6. The summed E-state index contributed by atoms with van der Waals surface area (Å²) in [6, 6.07) is 53.1. The Morgan fingerprint density at radius 3 is 1.69 bits per heavy atom. The summed E-state index contributed by atoms with van der Waals surface area (Å²) in [5.41, 5.74) is 9.73. The van der Waals surface area contributed by atoms with E-state index in [1.54, 1.807) is 0 Å². The minimum absolute atomic E-state index is 0.716. The van der Waals surface area contributed by atoms with Crippen LogP contribution in [0.4, 0.5) is 17.1 Å². The van der Waals surface area contributed by atoms with Gasteiger partial charge in [0.1, 0.15) is 0 Å². The largest absolute Gasteiger partial charge is 0.308 e. The van der Waals surface area contributed by atoms with Crippen LogP contribution >= 0.6 is 11.8 Å². The van der Waals surface area contributed by atoms with Crippen LogP contribution in [0.15, 0.2) is 161 Å². The van der Waals surface area contributed by atoms with E-state index < -0.39 is 0 Å². The van der Waals surface area contributed by atoms with Crippen molar-refractivity contribution in [2.45, 2.75) is 9.79 Å². The second kappa shape index (κ2) is 10.3. The number of benzene rings is 6. The number of hydrogen-bond donors (Lipinski definition) is 0. The maximum Gasteiger partial charge on any atom is 0.160 e. The zero-order valence-corrected chi connectivity index (χ0v) is 23.5. The van der Waals surface area contributed by atoms with Crippen LogP contribution in [0.1, 0.15) is 0 Å². The van der Waals surface area contributed by atoms with Crippen molar-refractivity contribution in [3.05, 3.63) is 152 Å². The second-order valence-electron chi connectivity index (χ2n) is 10.3. The van der Waals surface area contributed by atoms with Gasteiger partial charge in [0.05, 0.1) is 22.6 Å². The van der Waals surface area contributed by atoms with E-state index >= 15 is 0 Å². The molecule has 4 heteroatoms. The fourth-order valence-electron chi connectivity index (χ4n) is 5.63.